The molecule has 0 heterocycles. The van der Waals surface area contributed by atoms with Gasteiger partial charge in [-0.25, -0.2) is 0 Å². The molecule has 0 aliphatic heterocycles. The third-order valence-electron chi connectivity index (χ3n) is 3.94. The summed E-state index contributed by atoms with van der Waals surface area (Å²) in [6.07, 6.45) is 0.935. The predicted molar refractivity (Wildman–Crippen MR) is 105 cm³/mol. The van der Waals surface area contributed by atoms with Crippen molar-refractivity contribution in [3.05, 3.63) is 35.9 Å². The van der Waals surface area contributed by atoms with Crippen molar-refractivity contribution in [3.8, 4) is 0 Å². The lowest BCUT2D eigenvalue weighted by Crippen LogP contribution is -2.54. The number of nitrogens with one attached hydrogen (secondary N) is 2. The lowest BCUT2D eigenvalue weighted by atomic mass is 10.0. The predicted octanol–water partition coefficient (Wildman–Crippen LogP) is -1.32. The molecule has 0 aromatic heterocycles. The molecule has 3 atom stereocenters. The highest BCUT2D eigenvalue weighted by atomic mass is 16.4. The van der Waals surface area contributed by atoms with Gasteiger partial charge in [-0.1, -0.05) is 30.3 Å². The number of carbonyl (C=O) groups excluding carboxylic acids is 2. The van der Waals surface area contributed by atoms with E-state index in [9.17, 15) is 14.4 Å². The summed E-state index contributed by atoms with van der Waals surface area (Å²) in [5.74, 6) is -2.37. The number of carboxylic acid groups (broad SMARTS) is 1. The fourth-order valence-corrected chi connectivity index (χ4v) is 2.39. The molecule has 1 rings (SSSR count). The van der Waals surface area contributed by atoms with Crippen LogP contribution in [0.3, 0.4) is 0 Å². The number of hydrogen-bond acceptors (Lipinski definition) is 5. The topological polar surface area (TPSA) is 186 Å². The molecule has 0 radical (unpaired) electrons. The molecule has 0 spiro atoms. The number of benzene rings is 1. The van der Waals surface area contributed by atoms with Crippen LogP contribution in [0, 0.1) is 0 Å². The Labute approximate surface area is 163 Å². The molecule has 10 nitrogen and oxygen atoms in total. The van der Waals surface area contributed by atoms with Crippen LogP contribution in [-0.4, -0.2) is 53.5 Å². The number of rotatable bonds is 11. The van der Waals surface area contributed by atoms with E-state index in [2.05, 4.69) is 15.6 Å². The second kappa shape index (κ2) is 11.5. The lowest BCUT2D eigenvalue weighted by Gasteiger charge is -2.21. The maximum Gasteiger partial charge on any atom is 0.325 e. The molecule has 3 unspecified atom stereocenters. The number of carbonyl (C=O) groups is 3. The number of nitrogens with two attached hydrogens (primary N) is 3. The molecule has 0 saturated carbocycles. The van der Waals surface area contributed by atoms with Gasteiger partial charge in [0.2, 0.25) is 11.8 Å². The molecule has 0 fully saturated rings. The Morgan fingerprint density at radius 3 is 2.32 bits per heavy atom. The molecule has 2 amide bonds. The van der Waals surface area contributed by atoms with Gasteiger partial charge in [0.1, 0.15) is 12.1 Å². The normalized spacial score (nSPS) is 13.6. The van der Waals surface area contributed by atoms with E-state index in [0.717, 1.165) is 5.56 Å². The van der Waals surface area contributed by atoms with E-state index in [1.807, 2.05) is 30.3 Å². The molecule has 0 bridgehead atoms. The van der Waals surface area contributed by atoms with E-state index >= 15 is 0 Å². The van der Waals surface area contributed by atoms with Crippen molar-refractivity contribution in [3.63, 3.8) is 0 Å². The Morgan fingerprint density at radius 1 is 1.11 bits per heavy atom. The third kappa shape index (κ3) is 8.49. The van der Waals surface area contributed by atoms with Gasteiger partial charge < -0.3 is 32.9 Å². The van der Waals surface area contributed by atoms with Crippen LogP contribution < -0.4 is 27.8 Å². The first kappa shape index (κ1) is 22.9. The Hall–Kier alpha value is -3.14. The van der Waals surface area contributed by atoms with Gasteiger partial charge >= 0.3 is 5.97 Å². The fourth-order valence-electron chi connectivity index (χ4n) is 2.39. The monoisotopic (exact) mass is 392 g/mol. The van der Waals surface area contributed by atoms with Crippen LogP contribution in [0.2, 0.25) is 0 Å². The van der Waals surface area contributed by atoms with Crippen molar-refractivity contribution in [1.29, 1.82) is 0 Å². The Bertz CT molecular complexity index is 691. The standard InChI is InChI=1S/C18H28N6O4/c1-11(17(27)28)23-16(26)14(8-5-9-22-18(20)21)24-15(25)13(19)10-12-6-3-2-4-7-12/h2-4,6-7,11,13-14H,5,8-10,19H2,1H3,(H,23,26)(H,24,25)(H,27,28)(H4,20,21,22). The SMILES string of the molecule is CC(NC(=O)C(CCCN=C(N)N)NC(=O)C(N)Cc1ccccc1)C(=O)O. The highest BCUT2D eigenvalue weighted by Gasteiger charge is 2.26. The zero-order valence-corrected chi connectivity index (χ0v) is 15.8. The summed E-state index contributed by atoms with van der Waals surface area (Å²) in [5.41, 5.74) is 17.4. The quantitative estimate of drug-likeness (QED) is 0.153. The minimum absolute atomic E-state index is 0.0746. The highest BCUT2D eigenvalue weighted by Crippen LogP contribution is 2.04. The summed E-state index contributed by atoms with van der Waals surface area (Å²) in [5, 5.41) is 13.9. The van der Waals surface area contributed by atoms with Crippen molar-refractivity contribution in [1.82, 2.24) is 10.6 Å². The summed E-state index contributed by atoms with van der Waals surface area (Å²) in [6.45, 7) is 1.60. The second-order valence-electron chi connectivity index (χ2n) is 6.37. The van der Waals surface area contributed by atoms with E-state index in [1.54, 1.807) is 0 Å². The van der Waals surface area contributed by atoms with Crippen LogP contribution in [0.4, 0.5) is 0 Å². The number of carboxylic acids is 1. The molecule has 0 aliphatic carbocycles. The van der Waals surface area contributed by atoms with Gasteiger partial charge in [0.25, 0.3) is 0 Å². The third-order valence-corrected chi connectivity index (χ3v) is 3.94. The fraction of sp³-hybridized carbons (Fsp3) is 0.444. The van der Waals surface area contributed by atoms with Crippen LogP contribution in [-0.2, 0) is 20.8 Å². The minimum Gasteiger partial charge on any atom is -0.480 e. The second-order valence-corrected chi connectivity index (χ2v) is 6.37. The largest absolute Gasteiger partial charge is 0.480 e. The van der Waals surface area contributed by atoms with Gasteiger partial charge in [-0.2, -0.15) is 0 Å². The highest BCUT2D eigenvalue weighted by molar-refractivity contribution is 5.91. The van der Waals surface area contributed by atoms with Crippen molar-refractivity contribution >= 4 is 23.7 Å². The van der Waals surface area contributed by atoms with Crippen LogP contribution in [0.5, 0.6) is 0 Å². The number of nitrogens with zero attached hydrogens (tertiary/aromatic N) is 1. The Balaban J connectivity index is 2.72. The van der Waals surface area contributed by atoms with Crippen molar-refractivity contribution in [2.75, 3.05) is 6.54 Å². The van der Waals surface area contributed by atoms with Gasteiger partial charge in [0.05, 0.1) is 6.04 Å². The molecule has 0 aliphatic rings. The van der Waals surface area contributed by atoms with Gasteiger partial charge in [-0.05, 0) is 31.7 Å². The van der Waals surface area contributed by atoms with Gasteiger partial charge in [0, 0.05) is 6.54 Å². The summed E-state index contributed by atoms with van der Waals surface area (Å²) in [6, 6.07) is 6.33. The molecular weight excluding hydrogens is 364 g/mol. The first-order valence-corrected chi connectivity index (χ1v) is 8.89. The first-order valence-electron chi connectivity index (χ1n) is 8.89. The van der Waals surface area contributed by atoms with Crippen molar-refractivity contribution < 1.29 is 19.5 Å². The number of hydrogen-bond donors (Lipinski definition) is 6. The van der Waals surface area contributed by atoms with E-state index in [1.165, 1.54) is 6.92 Å². The molecule has 0 saturated heterocycles. The zero-order valence-electron chi connectivity index (χ0n) is 15.8. The van der Waals surface area contributed by atoms with Crippen LogP contribution in [0.1, 0.15) is 25.3 Å². The Morgan fingerprint density at radius 2 is 1.75 bits per heavy atom. The summed E-state index contributed by atoms with van der Waals surface area (Å²) in [7, 11) is 0. The molecular formula is C18H28N6O4. The molecule has 9 N–H and O–H groups in total. The maximum absolute atomic E-state index is 12.4. The number of aliphatic carboxylic acids is 1. The average molecular weight is 392 g/mol. The average Bonchev–Trinajstić information content (AvgIpc) is 2.64. The van der Waals surface area contributed by atoms with E-state index < -0.39 is 35.9 Å². The van der Waals surface area contributed by atoms with Crippen LogP contribution >= 0.6 is 0 Å². The summed E-state index contributed by atoms with van der Waals surface area (Å²) < 4.78 is 0. The first-order chi connectivity index (χ1) is 13.2. The smallest absolute Gasteiger partial charge is 0.325 e. The van der Waals surface area contributed by atoms with Crippen LogP contribution in [0.15, 0.2) is 35.3 Å². The summed E-state index contributed by atoms with van der Waals surface area (Å²) >= 11 is 0. The molecule has 154 valence electrons. The molecule has 28 heavy (non-hydrogen) atoms. The van der Waals surface area contributed by atoms with Gasteiger partial charge in [-0.3, -0.25) is 19.4 Å². The lowest BCUT2D eigenvalue weighted by molar-refractivity contribution is -0.141. The Kier molecular flexibility index (Phi) is 9.44. The van der Waals surface area contributed by atoms with Crippen molar-refractivity contribution in [2.24, 2.45) is 22.2 Å². The molecule has 1 aromatic rings. The van der Waals surface area contributed by atoms with E-state index in [-0.39, 0.29) is 18.9 Å². The number of amides is 2. The molecule has 1 aromatic carbocycles. The summed E-state index contributed by atoms with van der Waals surface area (Å²) in [4.78, 5) is 39.6. The van der Waals surface area contributed by atoms with Crippen molar-refractivity contribution in [2.45, 2.75) is 44.3 Å². The maximum atomic E-state index is 12.4. The zero-order chi connectivity index (χ0) is 21.1. The minimum atomic E-state index is -1.18. The number of aliphatic imine (C=N–C) groups is 1. The van der Waals surface area contributed by atoms with E-state index in [0.29, 0.717) is 12.8 Å². The van der Waals surface area contributed by atoms with Gasteiger partial charge in [-0.15, -0.1) is 0 Å². The van der Waals surface area contributed by atoms with Gasteiger partial charge in [0.15, 0.2) is 5.96 Å². The van der Waals surface area contributed by atoms with E-state index in [4.69, 9.17) is 22.3 Å². The van der Waals surface area contributed by atoms with Crippen LogP contribution in [0.25, 0.3) is 0 Å². The number of guanidine groups is 1. The molecule has 10 heteroatoms.